The van der Waals surface area contributed by atoms with Crippen molar-refractivity contribution in [3.05, 3.63) is 11.0 Å². The van der Waals surface area contributed by atoms with Crippen molar-refractivity contribution in [3.63, 3.8) is 0 Å². The molecule has 0 spiro atoms. The van der Waals surface area contributed by atoms with E-state index in [1.807, 2.05) is 0 Å². The standard InChI is InChI=1S/C10H19NP2/c1-3-5-7-9-10(8-6-4-2)12-13-11-9/h13H,3-8H2,1-2H3. The minimum absolute atomic E-state index is 0.815. The summed E-state index contributed by atoms with van der Waals surface area (Å²) in [6.07, 6.45) is 7.79. The van der Waals surface area contributed by atoms with Gasteiger partial charge in [-0.25, -0.2) is 4.75 Å². The van der Waals surface area contributed by atoms with Gasteiger partial charge in [0, 0.05) is 5.30 Å². The van der Waals surface area contributed by atoms with E-state index in [1.54, 1.807) is 5.30 Å². The zero-order chi connectivity index (χ0) is 9.52. The summed E-state index contributed by atoms with van der Waals surface area (Å²) in [5.74, 6) is 0. The van der Waals surface area contributed by atoms with Crippen molar-refractivity contribution < 1.29 is 0 Å². The fourth-order valence-corrected chi connectivity index (χ4v) is 4.15. The van der Waals surface area contributed by atoms with Gasteiger partial charge in [0.15, 0.2) is 0 Å². The highest BCUT2D eigenvalue weighted by Crippen LogP contribution is 2.30. The van der Waals surface area contributed by atoms with Crippen LogP contribution in [0.5, 0.6) is 0 Å². The average Bonchev–Trinajstić information content (AvgIpc) is 2.59. The number of hydrogen-bond donors (Lipinski definition) is 0. The van der Waals surface area contributed by atoms with Crippen molar-refractivity contribution in [1.82, 2.24) is 4.75 Å². The largest absolute Gasteiger partial charge is 0.240 e. The fraction of sp³-hybridized carbons (Fsp3) is 0.800. The number of unbranched alkanes of at least 4 members (excludes halogenated alkanes) is 2. The van der Waals surface area contributed by atoms with Gasteiger partial charge in [-0.1, -0.05) is 26.7 Å². The highest BCUT2D eigenvalue weighted by Gasteiger charge is 2.03. The van der Waals surface area contributed by atoms with E-state index in [0.717, 1.165) is 8.03 Å². The van der Waals surface area contributed by atoms with Crippen LogP contribution in [0.2, 0.25) is 0 Å². The molecule has 0 amide bonds. The Balaban J connectivity index is 2.45. The first kappa shape index (κ1) is 11.2. The molecular formula is C10H19NP2. The van der Waals surface area contributed by atoms with E-state index in [0.29, 0.717) is 0 Å². The smallest absolute Gasteiger partial charge is 0.0526 e. The summed E-state index contributed by atoms with van der Waals surface area (Å²) in [5, 5.41) is 1.65. The highest BCUT2D eigenvalue weighted by molar-refractivity contribution is 7.89. The maximum Gasteiger partial charge on any atom is 0.0526 e. The molecule has 1 nitrogen and oxygen atoms in total. The molecule has 0 aliphatic heterocycles. The van der Waals surface area contributed by atoms with Gasteiger partial charge in [0.05, 0.1) is 5.69 Å². The molecule has 1 heterocycles. The number of aromatic nitrogens is 1. The van der Waals surface area contributed by atoms with Crippen molar-refractivity contribution in [2.45, 2.75) is 52.4 Å². The fourth-order valence-electron chi connectivity index (χ4n) is 1.36. The lowest BCUT2D eigenvalue weighted by atomic mass is 10.1. The molecule has 74 valence electrons. The Kier molecular flexibility index (Phi) is 5.67. The zero-order valence-corrected chi connectivity index (χ0v) is 10.5. The molecule has 1 unspecified atom stereocenters. The lowest BCUT2D eigenvalue weighted by molar-refractivity contribution is 0.756. The first-order valence-electron chi connectivity index (χ1n) is 5.27. The van der Waals surface area contributed by atoms with Crippen LogP contribution in [0.15, 0.2) is 0 Å². The van der Waals surface area contributed by atoms with Crippen LogP contribution in [0.25, 0.3) is 0 Å². The van der Waals surface area contributed by atoms with Gasteiger partial charge in [0.2, 0.25) is 0 Å². The van der Waals surface area contributed by atoms with Gasteiger partial charge in [-0.2, -0.15) is 0 Å². The van der Waals surface area contributed by atoms with E-state index in [4.69, 9.17) is 0 Å². The summed E-state index contributed by atoms with van der Waals surface area (Å²) < 4.78 is 4.60. The average molecular weight is 215 g/mol. The Morgan fingerprint density at radius 2 is 1.85 bits per heavy atom. The van der Waals surface area contributed by atoms with Crippen molar-refractivity contribution in [2.24, 2.45) is 0 Å². The molecule has 0 bridgehead atoms. The molecule has 0 aliphatic carbocycles. The molecule has 0 fully saturated rings. The Hall–Kier alpha value is 0.140. The van der Waals surface area contributed by atoms with Gasteiger partial charge in [0.25, 0.3) is 0 Å². The monoisotopic (exact) mass is 215 g/mol. The minimum atomic E-state index is 0.815. The molecule has 1 atom stereocenters. The molecule has 1 aromatic rings. The number of rotatable bonds is 6. The topological polar surface area (TPSA) is 12.9 Å². The second-order valence-electron chi connectivity index (χ2n) is 3.42. The molecule has 0 saturated heterocycles. The first-order chi connectivity index (χ1) is 6.38. The molecule has 1 rings (SSSR count). The number of hydrogen-bond acceptors (Lipinski definition) is 1. The SMILES string of the molecule is CCCCc1n[pH]pc1CCCC. The van der Waals surface area contributed by atoms with Crippen LogP contribution in [-0.2, 0) is 12.8 Å². The van der Waals surface area contributed by atoms with Crippen LogP contribution < -0.4 is 0 Å². The number of nitrogens with zero attached hydrogens (tertiary/aromatic N) is 1. The number of aryl methyl sites for hydroxylation is 2. The lowest BCUT2D eigenvalue weighted by Gasteiger charge is -2.00. The van der Waals surface area contributed by atoms with E-state index in [9.17, 15) is 0 Å². The summed E-state index contributed by atoms with van der Waals surface area (Å²) in [4.78, 5) is 0. The van der Waals surface area contributed by atoms with Crippen molar-refractivity contribution in [2.75, 3.05) is 0 Å². The van der Waals surface area contributed by atoms with Gasteiger partial charge < -0.3 is 0 Å². The van der Waals surface area contributed by atoms with Crippen molar-refractivity contribution >= 4 is 15.9 Å². The third kappa shape index (κ3) is 3.79. The molecule has 13 heavy (non-hydrogen) atoms. The maximum absolute atomic E-state index is 4.60. The predicted octanol–water partition coefficient (Wildman–Crippen LogP) is 4.38. The third-order valence-electron chi connectivity index (χ3n) is 2.24. The Morgan fingerprint density at radius 3 is 2.54 bits per heavy atom. The van der Waals surface area contributed by atoms with Gasteiger partial charge >= 0.3 is 0 Å². The Bertz CT molecular complexity index is 210. The highest BCUT2D eigenvalue weighted by atomic mass is 31.8. The summed E-state index contributed by atoms with van der Waals surface area (Å²) in [6, 6.07) is 0. The molecule has 0 N–H and O–H groups in total. The molecular weight excluding hydrogens is 196 g/mol. The third-order valence-corrected chi connectivity index (χ3v) is 4.87. The van der Waals surface area contributed by atoms with Crippen LogP contribution in [0.1, 0.15) is 50.5 Å². The zero-order valence-electron chi connectivity index (χ0n) is 8.64. The maximum atomic E-state index is 4.60. The van der Waals surface area contributed by atoms with E-state index < -0.39 is 0 Å². The van der Waals surface area contributed by atoms with Crippen LogP contribution in [0, 0.1) is 0 Å². The first-order valence-corrected chi connectivity index (χ1v) is 7.95. The summed E-state index contributed by atoms with van der Waals surface area (Å²) in [6.45, 7) is 4.51. The summed E-state index contributed by atoms with van der Waals surface area (Å²) in [7, 11) is 2.33. The van der Waals surface area contributed by atoms with E-state index in [1.165, 1.54) is 52.1 Å². The van der Waals surface area contributed by atoms with Gasteiger partial charge in [-0.3, -0.25) is 0 Å². The quantitative estimate of drug-likeness (QED) is 0.686. The normalized spacial score (nSPS) is 11.8. The summed E-state index contributed by atoms with van der Waals surface area (Å²) >= 11 is 0. The Labute approximate surface area is 84.5 Å². The van der Waals surface area contributed by atoms with E-state index in [2.05, 4.69) is 18.6 Å². The molecule has 0 saturated carbocycles. The van der Waals surface area contributed by atoms with Gasteiger partial charge in [-0.15, -0.1) is 0 Å². The van der Waals surface area contributed by atoms with Crippen LogP contribution in [0.4, 0.5) is 0 Å². The van der Waals surface area contributed by atoms with Gasteiger partial charge in [-0.05, 0) is 41.6 Å². The van der Waals surface area contributed by atoms with Gasteiger partial charge in [0.1, 0.15) is 0 Å². The summed E-state index contributed by atoms with van der Waals surface area (Å²) in [5.41, 5.74) is 1.45. The van der Waals surface area contributed by atoms with E-state index >= 15 is 0 Å². The van der Waals surface area contributed by atoms with E-state index in [-0.39, 0.29) is 0 Å². The lowest BCUT2D eigenvalue weighted by Crippen LogP contribution is -1.90. The minimum Gasteiger partial charge on any atom is -0.240 e. The van der Waals surface area contributed by atoms with Crippen LogP contribution >= 0.6 is 15.9 Å². The predicted molar refractivity (Wildman–Crippen MR) is 63.5 cm³/mol. The van der Waals surface area contributed by atoms with Crippen LogP contribution in [0.3, 0.4) is 0 Å². The molecule has 0 aliphatic rings. The Morgan fingerprint density at radius 1 is 1.15 bits per heavy atom. The van der Waals surface area contributed by atoms with Crippen molar-refractivity contribution in [1.29, 1.82) is 0 Å². The second-order valence-corrected chi connectivity index (χ2v) is 5.88. The molecule has 3 heteroatoms. The molecule has 1 aromatic heterocycles. The van der Waals surface area contributed by atoms with Crippen molar-refractivity contribution in [3.8, 4) is 0 Å². The van der Waals surface area contributed by atoms with Crippen LogP contribution in [-0.4, -0.2) is 4.75 Å². The molecule has 0 aromatic carbocycles. The second kappa shape index (κ2) is 6.57. The molecule has 0 radical (unpaired) electrons.